The molecule has 170 valence electrons. The third-order valence-electron chi connectivity index (χ3n) is 6.43. The van der Waals surface area contributed by atoms with Crippen LogP contribution in [0.2, 0.25) is 5.02 Å². The van der Waals surface area contributed by atoms with Gasteiger partial charge in [0, 0.05) is 24.6 Å². The van der Waals surface area contributed by atoms with Gasteiger partial charge in [-0.15, -0.1) is 0 Å². The first kappa shape index (κ1) is 22.4. The van der Waals surface area contributed by atoms with Crippen LogP contribution in [-0.2, 0) is 16.1 Å². The second-order valence-corrected chi connectivity index (χ2v) is 8.85. The number of fused-ring (bicyclic) bond motifs is 2. The summed E-state index contributed by atoms with van der Waals surface area (Å²) >= 11 is 5.65. The third kappa shape index (κ3) is 5.15. The van der Waals surface area contributed by atoms with Crippen LogP contribution in [0.15, 0.2) is 42.5 Å². The average molecular weight is 461 g/mol. The fourth-order valence-corrected chi connectivity index (χ4v) is 4.67. The van der Waals surface area contributed by atoms with E-state index in [0.717, 1.165) is 30.2 Å². The molecular weight excluding hydrogens is 435 g/mol. The zero-order valence-electron chi connectivity index (χ0n) is 17.8. The summed E-state index contributed by atoms with van der Waals surface area (Å²) < 4.78 is 24.0. The summed E-state index contributed by atoms with van der Waals surface area (Å²) in [6.07, 6.45) is 2.49. The highest BCUT2D eigenvalue weighted by molar-refractivity contribution is 6.30. The number of carbonyl (C=O) groups excluding carboxylic acids is 2. The summed E-state index contributed by atoms with van der Waals surface area (Å²) in [5.41, 5.74) is 1.00. The number of carbonyl (C=O) groups is 2. The molecule has 2 aromatic rings. The van der Waals surface area contributed by atoms with Crippen LogP contribution in [-0.4, -0.2) is 31.6 Å². The van der Waals surface area contributed by atoms with E-state index in [1.807, 2.05) is 24.3 Å². The van der Waals surface area contributed by atoms with Crippen molar-refractivity contribution in [2.24, 2.45) is 17.8 Å². The molecule has 2 amide bonds. The van der Waals surface area contributed by atoms with Gasteiger partial charge >= 0.3 is 0 Å². The van der Waals surface area contributed by atoms with Crippen molar-refractivity contribution in [1.82, 2.24) is 10.6 Å². The van der Waals surface area contributed by atoms with E-state index in [-0.39, 0.29) is 41.2 Å². The molecule has 32 heavy (non-hydrogen) atoms. The van der Waals surface area contributed by atoms with Crippen molar-refractivity contribution >= 4 is 23.4 Å². The third-order valence-corrected chi connectivity index (χ3v) is 6.73. The Hall–Kier alpha value is -2.80. The Labute approximate surface area is 191 Å². The van der Waals surface area contributed by atoms with Gasteiger partial charge in [-0.3, -0.25) is 9.59 Å². The number of methoxy groups -OCH3 is 1. The van der Waals surface area contributed by atoms with E-state index >= 15 is 0 Å². The molecule has 3 saturated carbocycles. The molecule has 2 aromatic carbocycles. The van der Waals surface area contributed by atoms with Gasteiger partial charge in [0.05, 0.1) is 12.1 Å². The molecule has 1 unspecified atom stereocenters. The highest BCUT2D eigenvalue weighted by Gasteiger charge is 2.48. The van der Waals surface area contributed by atoms with Crippen LogP contribution in [0.5, 0.6) is 11.5 Å². The minimum absolute atomic E-state index is 0.000135. The molecule has 2 atom stereocenters. The number of amides is 2. The Morgan fingerprint density at radius 1 is 1.06 bits per heavy atom. The fourth-order valence-electron chi connectivity index (χ4n) is 4.55. The summed E-state index contributed by atoms with van der Waals surface area (Å²) in [5, 5.41) is 6.02. The fraction of sp³-hybridized carbons (Fsp3) is 0.417. The Balaban J connectivity index is 1.26. The number of benzene rings is 2. The van der Waals surface area contributed by atoms with Crippen LogP contribution in [0.25, 0.3) is 0 Å². The van der Waals surface area contributed by atoms with Crippen LogP contribution in [0, 0.1) is 23.6 Å². The molecule has 0 radical (unpaired) electrons. The molecule has 2 bridgehead atoms. The van der Waals surface area contributed by atoms with Gasteiger partial charge in [-0.25, -0.2) is 4.39 Å². The lowest BCUT2D eigenvalue weighted by molar-refractivity contribution is -0.136. The van der Waals surface area contributed by atoms with E-state index < -0.39 is 5.82 Å². The van der Waals surface area contributed by atoms with Crippen LogP contribution in [0.3, 0.4) is 0 Å². The summed E-state index contributed by atoms with van der Waals surface area (Å²) in [6.45, 7) is 0.236. The van der Waals surface area contributed by atoms with Crippen molar-refractivity contribution in [3.05, 3.63) is 58.9 Å². The van der Waals surface area contributed by atoms with E-state index in [4.69, 9.17) is 21.1 Å². The van der Waals surface area contributed by atoms with Gasteiger partial charge in [0.2, 0.25) is 5.91 Å². The molecule has 0 aliphatic heterocycles. The summed E-state index contributed by atoms with van der Waals surface area (Å²) in [5.74, 6) is 0.807. The van der Waals surface area contributed by atoms with E-state index in [0.29, 0.717) is 24.8 Å². The monoisotopic (exact) mass is 460 g/mol. The predicted molar refractivity (Wildman–Crippen MR) is 118 cm³/mol. The van der Waals surface area contributed by atoms with Crippen molar-refractivity contribution < 1.29 is 23.5 Å². The summed E-state index contributed by atoms with van der Waals surface area (Å²) in [4.78, 5) is 25.2. The van der Waals surface area contributed by atoms with Gasteiger partial charge in [-0.2, -0.15) is 0 Å². The Morgan fingerprint density at radius 2 is 1.78 bits per heavy atom. The molecule has 2 N–H and O–H groups in total. The first-order chi connectivity index (χ1) is 15.4. The van der Waals surface area contributed by atoms with Crippen molar-refractivity contribution in [3.8, 4) is 11.5 Å². The zero-order chi connectivity index (χ0) is 22.7. The maximum Gasteiger partial charge on any atom is 0.258 e. The smallest absolute Gasteiger partial charge is 0.258 e. The molecule has 0 aromatic heterocycles. The van der Waals surface area contributed by atoms with Gasteiger partial charge in [-0.1, -0.05) is 23.7 Å². The number of nitrogens with one attached hydrogen (secondary N) is 2. The quantitative estimate of drug-likeness (QED) is 0.629. The van der Waals surface area contributed by atoms with Gasteiger partial charge in [-0.05, 0) is 60.9 Å². The highest BCUT2D eigenvalue weighted by atomic mass is 35.5. The lowest BCUT2D eigenvalue weighted by atomic mass is 9.57. The lowest BCUT2D eigenvalue weighted by Gasteiger charge is -2.50. The standard InChI is InChI=1S/C24H26ClFN2O4/c1-31-17-4-2-14(3-5-17)12-27-24(30)19-11-22(16-8-15(19)9-16)28-23(29)13-32-18-6-7-20(25)21(26)10-18/h2-7,10,15-16,19,22H,8-9,11-13H2,1H3,(H,27,30)(H,28,29)/t15?,16?,19-,22?/m1/s1. The minimum atomic E-state index is -0.596. The Bertz CT molecular complexity index is 978. The number of hydrogen-bond donors (Lipinski definition) is 2. The molecule has 0 spiro atoms. The molecule has 0 saturated heterocycles. The molecule has 5 rings (SSSR count). The van der Waals surface area contributed by atoms with E-state index in [1.54, 1.807) is 7.11 Å². The van der Waals surface area contributed by atoms with Gasteiger partial charge in [0.1, 0.15) is 17.3 Å². The summed E-state index contributed by atoms with van der Waals surface area (Å²) in [6, 6.07) is 11.6. The van der Waals surface area contributed by atoms with Crippen molar-refractivity contribution in [2.45, 2.75) is 31.8 Å². The first-order valence-electron chi connectivity index (χ1n) is 10.7. The second-order valence-electron chi connectivity index (χ2n) is 8.44. The van der Waals surface area contributed by atoms with E-state index in [9.17, 15) is 14.0 Å². The first-order valence-corrected chi connectivity index (χ1v) is 11.1. The molecule has 6 nitrogen and oxygen atoms in total. The number of hydrogen-bond acceptors (Lipinski definition) is 4. The molecule has 8 heteroatoms. The van der Waals surface area contributed by atoms with Crippen molar-refractivity contribution in [3.63, 3.8) is 0 Å². The SMILES string of the molecule is COc1ccc(CNC(=O)[C@@H]2CC(NC(=O)COc3ccc(Cl)c(F)c3)C3CC2C3)cc1. The molecule has 3 fully saturated rings. The van der Waals surface area contributed by atoms with Crippen LogP contribution >= 0.6 is 11.6 Å². The second kappa shape index (κ2) is 9.77. The Kier molecular flexibility index (Phi) is 6.84. The zero-order valence-corrected chi connectivity index (χ0v) is 18.5. The summed E-state index contributed by atoms with van der Waals surface area (Å²) in [7, 11) is 1.62. The van der Waals surface area contributed by atoms with Gasteiger partial charge in [0.25, 0.3) is 5.91 Å². The van der Waals surface area contributed by atoms with Crippen molar-refractivity contribution in [1.29, 1.82) is 0 Å². The maximum atomic E-state index is 13.5. The van der Waals surface area contributed by atoms with Crippen molar-refractivity contribution in [2.75, 3.05) is 13.7 Å². The van der Waals surface area contributed by atoms with Gasteiger partial charge in [0.15, 0.2) is 6.61 Å². The molecule has 0 heterocycles. The largest absolute Gasteiger partial charge is 0.497 e. The van der Waals surface area contributed by atoms with Crippen LogP contribution < -0.4 is 20.1 Å². The van der Waals surface area contributed by atoms with E-state index in [1.165, 1.54) is 12.1 Å². The minimum Gasteiger partial charge on any atom is -0.497 e. The topological polar surface area (TPSA) is 76.7 Å². The Morgan fingerprint density at radius 3 is 2.47 bits per heavy atom. The molecule has 3 aliphatic carbocycles. The number of halogens is 2. The normalized spacial score (nSPS) is 23.6. The predicted octanol–water partition coefficient (Wildman–Crippen LogP) is 3.71. The number of rotatable bonds is 8. The maximum absolute atomic E-state index is 13.5. The van der Waals surface area contributed by atoms with E-state index in [2.05, 4.69) is 10.6 Å². The highest BCUT2D eigenvalue weighted by Crippen LogP contribution is 2.49. The van der Waals surface area contributed by atoms with Crippen LogP contribution in [0.4, 0.5) is 4.39 Å². The molecule has 3 aliphatic rings. The molecular formula is C24H26ClFN2O4. The lowest BCUT2D eigenvalue weighted by Crippen LogP contribution is -2.56. The average Bonchev–Trinajstić information content (AvgIpc) is 2.77. The van der Waals surface area contributed by atoms with Gasteiger partial charge < -0.3 is 20.1 Å². The number of ether oxygens (including phenoxy) is 2. The van der Waals surface area contributed by atoms with Crippen LogP contribution in [0.1, 0.15) is 24.8 Å².